The van der Waals surface area contributed by atoms with Crippen LogP contribution in [0.25, 0.3) is 10.8 Å². The van der Waals surface area contributed by atoms with Gasteiger partial charge in [-0.05, 0) is 23.9 Å². The summed E-state index contributed by atoms with van der Waals surface area (Å²) >= 11 is 0. The number of rotatable bonds is 1. The molecule has 1 aliphatic heterocycles. The van der Waals surface area contributed by atoms with E-state index in [1.54, 1.807) is 17.0 Å². The van der Waals surface area contributed by atoms with Crippen LogP contribution < -0.4 is 5.56 Å². The van der Waals surface area contributed by atoms with E-state index in [9.17, 15) is 9.59 Å². The van der Waals surface area contributed by atoms with Crippen LogP contribution in [0.2, 0.25) is 0 Å². The summed E-state index contributed by atoms with van der Waals surface area (Å²) in [5.41, 5.74) is 0.181. The molecule has 0 bridgehead atoms. The van der Waals surface area contributed by atoms with Crippen LogP contribution in [-0.4, -0.2) is 28.9 Å². The number of carbonyl (C=O) groups excluding carboxylic acids is 1. The number of aromatic nitrogens is 1. The Morgan fingerprint density at radius 2 is 2.00 bits per heavy atom. The van der Waals surface area contributed by atoms with Gasteiger partial charge in [-0.3, -0.25) is 9.59 Å². The van der Waals surface area contributed by atoms with Gasteiger partial charge in [0.25, 0.3) is 11.5 Å². The highest BCUT2D eigenvalue weighted by atomic mass is 16.2. The fourth-order valence-electron chi connectivity index (χ4n) is 2.02. The minimum absolute atomic E-state index is 0.0842. The topological polar surface area (TPSA) is 53.2 Å². The molecule has 0 atom stereocenters. The maximum absolute atomic E-state index is 12.0. The normalized spacial score (nSPS) is 14.7. The lowest BCUT2D eigenvalue weighted by Gasteiger charge is -2.30. The molecule has 2 aromatic rings. The molecule has 0 unspecified atom stereocenters. The van der Waals surface area contributed by atoms with Gasteiger partial charge in [0.15, 0.2) is 0 Å². The van der Waals surface area contributed by atoms with Crippen molar-refractivity contribution in [3.8, 4) is 0 Å². The lowest BCUT2D eigenvalue weighted by Crippen LogP contribution is -2.42. The summed E-state index contributed by atoms with van der Waals surface area (Å²) in [6.45, 7) is 1.57. The number of amides is 1. The van der Waals surface area contributed by atoms with Gasteiger partial charge in [0.2, 0.25) is 0 Å². The van der Waals surface area contributed by atoms with E-state index in [0.717, 1.165) is 24.9 Å². The number of pyridine rings is 1. The number of fused-ring (bicyclic) bond motifs is 1. The van der Waals surface area contributed by atoms with E-state index in [2.05, 4.69) is 4.98 Å². The molecule has 1 N–H and O–H groups in total. The van der Waals surface area contributed by atoms with Crippen molar-refractivity contribution in [2.24, 2.45) is 0 Å². The molecule has 0 radical (unpaired) electrons. The molecule has 17 heavy (non-hydrogen) atoms. The van der Waals surface area contributed by atoms with Gasteiger partial charge in [0, 0.05) is 18.5 Å². The zero-order valence-electron chi connectivity index (χ0n) is 9.27. The SMILES string of the molecule is O=C(c1cc2ccccc2c(=O)[nH]1)N1CCC1. The number of hydrogen-bond donors (Lipinski definition) is 1. The summed E-state index contributed by atoms with van der Waals surface area (Å²) in [6, 6.07) is 9.02. The van der Waals surface area contributed by atoms with E-state index < -0.39 is 0 Å². The van der Waals surface area contributed by atoms with E-state index >= 15 is 0 Å². The molecule has 4 nitrogen and oxygen atoms in total. The molecule has 2 heterocycles. The minimum atomic E-state index is -0.202. The predicted octanol–water partition coefficient (Wildman–Crippen LogP) is 1.37. The molecule has 0 saturated carbocycles. The molecule has 1 saturated heterocycles. The second kappa shape index (κ2) is 3.73. The summed E-state index contributed by atoms with van der Waals surface area (Å²) in [4.78, 5) is 28.2. The van der Waals surface area contributed by atoms with Gasteiger partial charge in [0.1, 0.15) is 5.69 Å². The molecule has 4 heteroatoms. The monoisotopic (exact) mass is 228 g/mol. The molecule has 0 spiro atoms. The van der Waals surface area contributed by atoms with Crippen molar-refractivity contribution in [2.75, 3.05) is 13.1 Å². The number of aromatic amines is 1. The van der Waals surface area contributed by atoms with Crippen molar-refractivity contribution in [1.29, 1.82) is 0 Å². The lowest BCUT2D eigenvalue weighted by molar-refractivity contribution is 0.0645. The summed E-state index contributed by atoms with van der Waals surface area (Å²) in [5.74, 6) is -0.0842. The molecule has 1 aliphatic rings. The summed E-state index contributed by atoms with van der Waals surface area (Å²) < 4.78 is 0. The number of nitrogens with one attached hydrogen (secondary N) is 1. The van der Waals surface area contributed by atoms with Gasteiger partial charge < -0.3 is 9.88 Å². The molecule has 1 aromatic carbocycles. The van der Waals surface area contributed by atoms with E-state index in [1.807, 2.05) is 18.2 Å². The molecule has 0 aliphatic carbocycles. The van der Waals surface area contributed by atoms with Gasteiger partial charge in [-0.2, -0.15) is 0 Å². The average molecular weight is 228 g/mol. The van der Waals surface area contributed by atoms with Gasteiger partial charge in [-0.15, -0.1) is 0 Å². The highest BCUT2D eigenvalue weighted by Crippen LogP contribution is 2.14. The maximum Gasteiger partial charge on any atom is 0.270 e. The zero-order chi connectivity index (χ0) is 11.8. The van der Waals surface area contributed by atoms with E-state index in [1.165, 1.54) is 0 Å². The summed E-state index contributed by atoms with van der Waals surface area (Å²) in [6.07, 6.45) is 1.05. The smallest absolute Gasteiger partial charge is 0.270 e. The Morgan fingerprint density at radius 3 is 2.71 bits per heavy atom. The lowest BCUT2D eigenvalue weighted by atomic mass is 10.1. The van der Waals surface area contributed by atoms with Crippen molar-refractivity contribution in [1.82, 2.24) is 9.88 Å². The Kier molecular flexibility index (Phi) is 2.21. The standard InChI is InChI=1S/C13H12N2O2/c16-12-10-5-2-1-4-9(10)8-11(14-12)13(17)15-6-3-7-15/h1-2,4-5,8H,3,6-7H2,(H,14,16). The van der Waals surface area contributed by atoms with E-state index in [4.69, 9.17) is 0 Å². The highest BCUT2D eigenvalue weighted by molar-refractivity contribution is 5.96. The quantitative estimate of drug-likeness (QED) is 0.801. The van der Waals surface area contributed by atoms with Gasteiger partial charge >= 0.3 is 0 Å². The van der Waals surface area contributed by atoms with Gasteiger partial charge in [-0.1, -0.05) is 18.2 Å². The van der Waals surface area contributed by atoms with Crippen molar-refractivity contribution < 1.29 is 4.79 Å². The maximum atomic E-state index is 12.0. The van der Waals surface area contributed by atoms with Crippen LogP contribution in [0.3, 0.4) is 0 Å². The molecule has 1 amide bonds. The molecule has 1 aromatic heterocycles. The second-order valence-corrected chi connectivity index (χ2v) is 4.25. The molecular weight excluding hydrogens is 216 g/mol. The Hall–Kier alpha value is -2.10. The Balaban J connectivity index is 2.12. The number of likely N-dealkylation sites (tertiary alicyclic amines) is 1. The van der Waals surface area contributed by atoms with Crippen molar-refractivity contribution in [3.05, 3.63) is 46.4 Å². The number of nitrogens with zero attached hydrogens (tertiary/aromatic N) is 1. The van der Waals surface area contributed by atoms with Crippen LogP contribution in [0.5, 0.6) is 0 Å². The number of benzene rings is 1. The minimum Gasteiger partial charge on any atom is -0.337 e. The first-order chi connectivity index (χ1) is 8.25. The van der Waals surface area contributed by atoms with Crippen LogP contribution in [0.4, 0.5) is 0 Å². The van der Waals surface area contributed by atoms with Crippen LogP contribution in [-0.2, 0) is 0 Å². The summed E-state index contributed by atoms with van der Waals surface area (Å²) in [7, 11) is 0. The van der Waals surface area contributed by atoms with Gasteiger partial charge in [0.05, 0.1) is 0 Å². The Labute approximate surface area is 97.9 Å². The summed E-state index contributed by atoms with van der Waals surface area (Å²) in [5, 5.41) is 1.42. The van der Waals surface area contributed by atoms with Crippen molar-refractivity contribution >= 4 is 16.7 Å². The third-order valence-electron chi connectivity index (χ3n) is 3.13. The Bertz CT molecular complexity index is 641. The fraction of sp³-hybridized carbons (Fsp3) is 0.231. The fourth-order valence-corrected chi connectivity index (χ4v) is 2.02. The average Bonchev–Trinajstić information content (AvgIpc) is 2.26. The zero-order valence-corrected chi connectivity index (χ0v) is 9.27. The molecule has 86 valence electrons. The second-order valence-electron chi connectivity index (χ2n) is 4.25. The van der Waals surface area contributed by atoms with Crippen LogP contribution in [0, 0.1) is 0 Å². The van der Waals surface area contributed by atoms with Gasteiger partial charge in [-0.25, -0.2) is 0 Å². The Morgan fingerprint density at radius 1 is 1.24 bits per heavy atom. The third-order valence-corrected chi connectivity index (χ3v) is 3.13. The molecular formula is C13H12N2O2. The third kappa shape index (κ3) is 1.62. The first kappa shape index (κ1) is 10.1. The van der Waals surface area contributed by atoms with Crippen molar-refractivity contribution in [3.63, 3.8) is 0 Å². The van der Waals surface area contributed by atoms with Crippen LogP contribution in [0.15, 0.2) is 35.1 Å². The largest absolute Gasteiger partial charge is 0.337 e. The van der Waals surface area contributed by atoms with Crippen LogP contribution >= 0.6 is 0 Å². The van der Waals surface area contributed by atoms with Crippen molar-refractivity contribution in [2.45, 2.75) is 6.42 Å². The number of hydrogen-bond acceptors (Lipinski definition) is 2. The van der Waals surface area contributed by atoms with Crippen LogP contribution in [0.1, 0.15) is 16.9 Å². The van der Waals surface area contributed by atoms with E-state index in [0.29, 0.717) is 11.1 Å². The molecule has 1 fully saturated rings. The van der Waals surface area contributed by atoms with E-state index in [-0.39, 0.29) is 11.5 Å². The number of H-pyrrole nitrogens is 1. The number of carbonyl (C=O) groups is 1. The first-order valence-electron chi connectivity index (χ1n) is 5.67. The first-order valence-corrected chi connectivity index (χ1v) is 5.67. The highest BCUT2D eigenvalue weighted by Gasteiger charge is 2.22. The predicted molar refractivity (Wildman–Crippen MR) is 65.1 cm³/mol. The molecule has 3 rings (SSSR count).